The Labute approximate surface area is 189 Å². The third-order valence-electron chi connectivity index (χ3n) is 5.21. The van der Waals surface area contributed by atoms with E-state index in [0.29, 0.717) is 25.1 Å². The average Bonchev–Trinajstić information content (AvgIpc) is 3.27. The summed E-state index contributed by atoms with van der Waals surface area (Å²) < 4.78 is 12.3. The van der Waals surface area contributed by atoms with Gasteiger partial charge in [-0.1, -0.05) is 18.2 Å². The molecule has 1 aromatic heterocycles. The Morgan fingerprint density at radius 2 is 1.97 bits per heavy atom. The van der Waals surface area contributed by atoms with Crippen molar-refractivity contribution < 1.29 is 24.0 Å². The summed E-state index contributed by atoms with van der Waals surface area (Å²) in [6.07, 6.45) is 2.86. The number of amides is 1. The normalized spacial score (nSPS) is 12.7. The lowest BCUT2D eigenvalue weighted by Crippen LogP contribution is -2.38. The van der Waals surface area contributed by atoms with Crippen LogP contribution in [0.4, 0.5) is 11.4 Å². The van der Waals surface area contributed by atoms with Crippen LogP contribution in [0.15, 0.2) is 54.7 Å². The zero-order valence-electron chi connectivity index (χ0n) is 18.0. The molecule has 0 radical (unpaired) electrons. The number of aromatic nitrogens is 2. The van der Waals surface area contributed by atoms with Crippen LogP contribution in [-0.2, 0) is 16.0 Å². The predicted molar refractivity (Wildman–Crippen MR) is 119 cm³/mol. The van der Waals surface area contributed by atoms with E-state index in [2.05, 4.69) is 5.10 Å². The fourth-order valence-corrected chi connectivity index (χ4v) is 3.69. The van der Waals surface area contributed by atoms with Crippen LogP contribution < -0.4 is 9.64 Å². The van der Waals surface area contributed by atoms with Crippen LogP contribution in [0.25, 0.3) is 5.69 Å². The molecule has 0 atom stereocenters. The Kier molecular flexibility index (Phi) is 6.34. The lowest BCUT2D eigenvalue weighted by molar-refractivity contribution is -0.384. The molecule has 0 saturated heterocycles. The van der Waals surface area contributed by atoms with Crippen LogP contribution in [0.1, 0.15) is 29.4 Å². The van der Waals surface area contributed by atoms with Gasteiger partial charge in [-0.2, -0.15) is 5.10 Å². The summed E-state index contributed by atoms with van der Waals surface area (Å²) in [6.45, 7) is 2.00. The van der Waals surface area contributed by atoms with E-state index >= 15 is 0 Å². The molecular formula is C23H22N4O6. The maximum atomic E-state index is 13.0. The second-order valence-corrected chi connectivity index (χ2v) is 7.35. The van der Waals surface area contributed by atoms with Gasteiger partial charge in [0.05, 0.1) is 23.4 Å². The molecule has 1 amide bonds. The molecule has 1 aliphatic heterocycles. The number of hydrogen-bond acceptors (Lipinski definition) is 7. The molecule has 2 aromatic carbocycles. The Balaban J connectivity index is 1.54. The molecule has 4 rings (SSSR count). The lowest BCUT2D eigenvalue weighted by Gasteiger charge is -2.29. The fraction of sp³-hybridized carbons (Fsp3) is 0.261. The molecule has 3 aromatic rings. The van der Waals surface area contributed by atoms with Crippen LogP contribution in [-0.4, -0.2) is 46.3 Å². The van der Waals surface area contributed by atoms with Gasteiger partial charge in [-0.05, 0) is 43.5 Å². The molecule has 10 heteroatoms. The van der Waals surface area contributed by atoms with E-state index in [4.69, 9.17) is 9.47 Å². The Hall–Kier alpha value is -4.21. The summed E-state index contributed by atoms with van der Waals surface area (Å²) in [7, 11) is 0. The minimum Gasteiger partial charge on any atom is -0.479 e. The number of carbonyl (C=O) groups is 2. The van der Waals surface area contributed by atoms with E-state index in [0.717, 1.165) is 11.3 Å². The van der Waals surface area contributed by atoms with Crippen LogP contribution in [0, 0.1) is 10.1 Å². The maximum absolute atomic E-state index is 13.0. The number of hydrogen-bond donors (Lipinski definition) is 0. The van der Waals surface area contributed by atoms with E-state index in [1.54, 1.807) is 17.9 Å². The van der Waals surface area contributed by atoms with Gasteiger partial charge in [0.25, 0.3) is 11.6 Å². The summed E-state index contributed by atoms with van der Waals surface area (Å²) >= 11 is 0. The minimum atomic E-state index is -0.648. The number of para-hydroxylation sites is 1. The predicted octanol–water partition coefficient (Wildman–Crippen LogP) is 3.32. The second-order valence-electron chi connectivity index (χ2n) is 7.35. The van der Waals surface area contributed by atoms with E-state index in [-0.39, 0.29) is 36.3 Å². The van der Waals surface area contributed by atoms with Crippen molar-refractivity contribution in [1.82, 2.24) is 9.78 Å². The quantitative estimate of drug-likeness (QED) is 0.308. The summed E-state index contributed by atoms with van der Waals surface area (Å²) in [5, 5.41) is 15.3. The van der Waals surface area contributed by atoms with Crippen molar-refractivity contribution in [2.75, 3.05) is 24.7 Å². The Morgan fingerprint density at radius 3 is 2.70 bits per heavy atom. The first-order valence-corrected chi connectivity index (χ1v) is 10.5. The average molecular weight is 450 g/mol. The number of nitro benzene ring substituents is 1. The van der Waals surface area contributed by atoms with E-state index < -0.39 is 10.9 Å². The first-order chi connectivity index (χ1) is 16.0. The monoisotopic (exact) mass is 450 g/mol. The smallest absolute Gasteiger partial charge is 0.362 e. The highest BCUT2D eigenvalue weighted by Crippen LogP contribution is 2.31. The van der Waals surface area contributed by atoms with E-state index in [1.165, 1.54) is 23.0 Å². The number of rotatable bonds is 7. The molecule has 170 valence electrons. The molecule has 2 heterocycles. The number of non-ortho nitro benzene ring substituents is 1. The van der Waals surface area contributed by atoms with Crippen molar-refractivity contribution in [2.24, 2.45) is 0 Å². The van der Waals surface area contributed by atoms with Gasteiger partial charge >= 0.3 is 5.97 Å². The van der Waals surface area contributed by atoms with Gasteiger partial charge < -0.3 is 14.4 Å². The number of fused-ring (bicyclic) bond motifs is 1. The highest BCUT2D eigenvalue weighted by Gasteiger charge is 2.26. The van der Waals surface area contributed by atoms with Crippen molar-refractivity contribution in [2.45, 2.75) is 19.8 Å². The summed E-state index contributed by atoms with van der Waals surface area (Å²) in [6, 6.07) is 13.6. The van der Waals surface area contributed by atoms with Crippen molar-refractivity contribution in [3.63, 3.8) is 0 Å². The number of anilines is 1. The van der Waals surface area contributed by atoms with Gasteiger partial charge in [0.2, 0.25) is 5.69 Å². The number of ether oxygens (including phenoxy) is 2. The molecule has 0 unspecified atom stereocenters. The Bertz CT molecular complexity index is 1190. The van der Waals surface area contributed by atoms with Gasteiger partial charge in [-0.25, -0.2) is 9.48 Å². The highest BCUT2D eigenvalue weighted by molar-refractivity contribution is 5.96. The van der Waals surface area contributed by atoms with Crippen LogP contribution in [0.3, 0.4) is 0 Å². The highest BCUT2D eigenvalue weighted by atomic mass is 16.6. The Morgan fingerprint density at radius 1 is 1.18 bits per heavy atom. The second kappa shape index (κ2) is 9.51. The SMILES string of the molecule is CCOC(=O)c1nn(-c2ccccc2)cc1OCC(=O)N1CCCc2cc([N+](=O)[O-])ccc21. The van der Waals surface area contributed by atoms with Gasteiger partial charge in [-0.15, -0.1) is 0 Å². The number of aryl methyl sites for hydroxylation is 1. The lowest BCUT2D eigenvalue weighted by atomic mass is 10.0. The minimum absolute atomic E-state index is 0.00768. The third kappa shape index (κ3) is 4.69. The number of carbonyl (C=O) groups excluding carboxylic acids is 2. The number of benzene rings is 2. The van der Waals surface area contributed by atoms with Gasteiger partial charge in [0.1, 0.15) is 0 Å². The molecule has 33 heavy (non-hydrogen) atoms. The first-order valence-electron chi connectivity index (χ1n) is 10.5. The summed E-state index contributed by atoms with van der Waals surface area (Å²) in [4.78, 5) is 37.5. The molecule has 1 aliphatic rings. The van der Waals surface area contributed by atoms with Crippen LogP contribution >= 0.6 is 0 Å². The third-order valence-corrected chi connectivity index (χ3v) is 5.21. The van der Waals surface area contributed by atoms with Crippen LogP contribution in [0.2, 0.25) is 0 Å². The molecular weight excluding hydrogens is 428 g/mol. The van der Waals surface area contributed by atoms with Crippen LogP contribution in [0.5, 0.6) is 5.75 Å². The molecule has 0 bridgehead atoms. The van der Waals surface area contributed by atoms with Gasteiger partial charge in [-0.3, -0.25) is 14.9 Å². The van der Waals surface area contributed by atoms with Crippen molar-refractivity contribution in [3.05, 3.63) is 76.1 Å². The maximum Gasteiger partial charge on any atom is 0.362 e. The number of nitrogens with zero attached hydrogens (tertiary/aromatic N) is 4. The zero-order valence-corrected chi connectivity index (χ0v) is 18.0. The van der Waals surface area contributed by atoms with Crippen molar-refractivity contribution in [3.8, 4) is 11.4 Å². The van der Waals surface area contributed by atoms with Crippen molar-refractivity contribution >= 4 is 23.3 Å². The van der Waals surface area contributed by atoms with Gasteiger partial charge in [0.15, 0.2) is 12.4 Å². The van der Waals surface area contributed by atoms with E-state index in [1.807, 2.05) is 30.3 Å². The number of nitro groups is 1. The fourth-order valence-electron chi connectivity index (χ4n) is 3.69. The molecule has 0 aliphatic carbocycles. The molecule has 10 nitrogen and oxygen atoms in total. The van der Waals surface area contributed by atoms with Crippen molar-refractivity contribution in [1.29, 1.82) is 0 Å². The van der Waals surface area contributed by atoms with E-state index in [9.17, 15) is 19.7 Å². The molecule has 0 saturated carbocycles. The zero-order chi connectivity index (χ0) is 23.4. The van der Waals surface area contributed by atoms with Gasteiger partial charge in [0, 0.05) is 24.4 Å². The summed E-state index contributed by atoms with van der Waals surface area (Å²) in [5.41, 5.74) is 2.06. The summed E-state index contributed by atoms with van der Waals surface area (Å²) in [5.74, 6) is -0.844. The first kappa shape index (κ1) is 22.0. The molecule has 0 spiro atoms. The molecule has 0 N–H and O–H groups in total. The number of esters is 1. The largest absolute Gasteiger partial charge is 0.479 e. The molecule has 0 fully saturated rings. The topological polar surface area (TPSA) is 117 Å². The standard InChI is InChI=1S/C23H22N4O6/c1-2-32-23(29)22-20(14-26(24-22)17-8-4-3-5-9-17)33-15-21(28)25-12-6-7-16-13-18(27(30)31)10-11-19(16)25/h3-5,8-11,13-14H,2,6-7,12,15H2,1H3.